The first-order chi connectivity index (χ1) is 17.7. The molecule has 4 nitrogen and oxygen atoms in total. The largest absolute Gasteiger partial charge is 0.339 e. The molecule has 1 aliphatic rings. The summed E-state index contributed by atoms with van der Waals surface area (Å²) in [6.07, 6.45) is 0. The Kier molecular flexibility index (Phi) is 7.04. The van der Waals surface area contributed by atoms with Gasteiger partial charge < -0.3 is 18.9 Å². The third-order valence-electron chi connectivity index (χ3n) is 6.73. The molecule has 0 N–H and O–H groups in total. The second kappa shape index (κ2) is 10.4. The highest BCUT2D eigenvalue weighted by atomic mass is 16.9. The van der Waals surface area contributed by atoms with E-state index in [4.69, 9.17) is 18.9 Å². The van der Waals surface area contributed by atoms with Crippen molar-refractivity contribution >= 4 is 0 Å². The molecule has 0 spiro atoms. The van der Waals surface area contributed by atoms with Gasteiger partial charge in [-0.05, 0) is 36.1 Å². The molecule has 0 atom stereocenters. The van der Waals surface area contributed by atoms with E-state index in [1.54, 1.807) is 0 Å². The van der Waals surface area contributed by atoms with Crippen molar-refractivity contribution < 1.29 is 18.9 Å². The SMILES string of the molecule is CCOC1(OCC)OCC(c2ccccc2)(c2ccccc2)OC1(c1ccccc1)c1ccccc1. The molecule has 1 heterocycles. The average molecular weight is 481 g/mol. The molecule has 4 aromatic carbocycles. The molecule has 184 valence electrons. The van der Waals surface area contributed by atoms with Gasteiger partial charge in [0.2, 0.25) is 5.60 Å². The molecule has 5 rings (SSSR count). The average Bonchev–Trinajstić information content (AvgIpc) is 2.96. The van der Waals surface area contributed by atoms with Gasteiger partial charge in [-0.15, -0.1) is 0 Å². The van der Waals surface area contributed by atoms with E-state index in [1.807, 2.05) is 86.6 Å². The van der Waals surface area contributed by atoms with Crippen LogP contribution in [0.25, 0.3) is 0 Å². The van der Waals surface area contributed by atoms with Crippen LogP contribution in [0.4, 0.5) is 0 Å². The lowest BCUT2D eigenvalue weighted by Gasteiger charge is -2.57. The third kappa shape index (κ3) is 3.97. The van der Waals surface area contributed by atoms with Crippen molar-refractivity contribution in [2.45, 2.75) is 31.0 Å². The Hall–Kier alpha value is -3.28. The van der Waals surface area contributed by atoms with Crippen LogP contribution >= 0.6 is 0 Å². The van der Waals surface area contributed by atoms with Crippen LogP contribution in [-0.4, -0.2) is 25.8 Å². The quantitative estimate of drug-likeness (QED) is 0.265. The molecule has 4 aromatic rings. The Balaban J connectivity index is 1.86. The first kappa shape index (κ1) is 24.4. The Morgan fingerprint density at radius 3 is 1.28 bits per heavy atom. The van der Waals surface area contributed by atoms with Crippen LogP contribution in [0.15, 0.2) is 121 Å². The smallest absolute Gasteiger partial charge is 0.323 e. The van der Waals surface area contributed by atoms with E-state index >= 15 is 0 Å². The molecule has 0 bridgehead atoms. The minimum Gasteiger partial charge on any atom is -0.339 e. The monoisotopic (exact) mass is 480 g/mol. The maximum absolute atomic E-state index is 7.55. The Labute approximate surface area is 213 Å². The zero-order valence-electron chi connectivity index (χ0n) is 20.8. The predicted octanol–water partition coefficient (Wildman–Crippen LogP) is 6.65. The fourth-order valence-corrected chi connectivity index (χ4v) is 5.21. The van der Waals surface area contributed by atoms with E-state index in [1.165, 1.54) is 0 Å². The zero-order valence-corrected chi connectivity index (χ0v) is 20.8. The molecule has 0 aliphatic carbocycles. The highest BCUT2D eigenvalue weighted by Crippen LogP contribution is 2.56. The van der Waals surface area contributed by atoms with Gasteiger partial charge in [0.1, 0.15) is 5.60 Å². The molecule has 0 radical (unpaired) electrons. The van der Waals surface area contributed by atoms with Gasteiger partial charge in [0.05, 0.1) is 6.61 Å². The molecule has 1 fully saturated rings. The van der Waals surface area contributed by atoms with E-state index < -0.39 is 17.2 Å². The summed E-state index contributed by atoms with van der Waals surface area (Å²) in [5.74, 6) is -1.51. The minimum absolute atomic E-state index is 0.211. The molecule has 4 heteroatoms. The number of ether oxygens (including phenoxy) is 4. The molecule has 0 aromatic heterocycles. The van der Waals surface area contributed by atoms with Crippen LogP contribution in [-0.2, 0) is 30.1 Å². The summed E-state index contributed by atoms with van der Waals surface area (Å²) in [4.78, 5) is 0. The first-order valence-electron chi connectivity index (χ1n) is 12.5. The third-order valence-corrected chi connectivity index (χ3v) is 6.73. The van der Waals surface area contributed by atoms with E-state index in [9.17, 15) is 0 Å². The Morgan fingerprint density at radius 1 is 0.556 bits per heavy atom. The number of hydrogen-bond acceptors (Lipinski definition) is 4. The summed E-state index contributed by atoms with van der Waals surface area (Å²) in [7, 11) is 0. The molecule has 36 heavy (non-hydrogen) atoms. The molecule has 1 saturated heterocycles. The van der Waals surface area contributed by atoms with Gasteiger partial charge in [0, 0.05) is 13.2 Å². The minimum atomic E-state index is -1.51. The fraction of sp³-hybridized carbons (Fsp3) is 0.250. The maximum atomic E-state index is 7.55. The zero-order chi connectivity index (χ0) is 24.9. The van der Waals surface area contributed by atoms with Crippen LogP contribution in [0.1, 0.15) is 36.1 Å². The molecule has 0 saturated carbocycles. The first-order valence-corrected chi connectivity index (χ1v) is 12.5. The summed E-state index contributed by atoms with van der Waals surface area (Å²) >= 11 is 0. The normalized spacial score (nSPS) is 17.9. The van der Waals surface area contributed by atoms with Crippen molar-refractivity contribution in [3.8, 4) is 0 Å². The predicted molar refractivity (Wildman–Crippen MR) is 140 cm³/mol. The maximum Gasteiger partial charge on any atom is 0.323 e. The highest BCUT2D eigenvalue weighted by Gasteiger charge is 2.66. The second-order valence-electron chi connectivity index (χ2n) is 8.79. The summed E-state index contributed by atoms with van der Waals surface area (Å²) < 4.78 is 27.2. The summed E-state index contributed by atoms with van der Waals surface area (Å²) in [6, 6.07) is 40.7. The molecule has 0 unspecified atom stereocenters. The number of benzene rings is 4. The lowest BCUT2D eigenvalue weighted by molar-refractivity contribution is -0.486. The van der Waals surface area contributed by atoms with Gasteiger partial charge in [-0.2, -0.15) is 0 Å². The van der Waals surface area contributed by atoms with Crippen LogP contribution in [0.3, 0.4) is 0 Å². The van der Waals surface area contributed by atoms with Crippen molar-refractivity contribution in [1.82, 2.24) is 0 Å². The lowest BCUT2D eigenvalue weighted by Crippen LogP contribution is -2.67. The lowest BCUT2D eigenvalue weighted by atomic mass is 9.78. The van der Waals surface area contributed by atoms with Gasteiger partial charge in [-0.1, -0.05) is 121 Å². The Morgan fingerprint density at radius 2 is 0.917 bits per heavy atom. The fourth-order valence-electron chi connectivity index (χ4n) is 5.21. The van der Waals surface area contributed by atoms with Crippen molar-refractivity contribution in [1.29, 1.82) is 0 Å². The molecular weight excluding hydrogens is 448 g/mol. The number of hydrogen-bond donors (Lipinski definition) is 0. The van der Waals surface area contributed by atoms with Gasteiger partial charge in [0.25, 0.3) is 0 Å². The van der Waals surface area contributed by atoms with Crippen molar-refractivity contribution in [3.63, 3.8) is 0 Å². The Bertz CT molecular complexity index is 1140. The van der Waals surface area contributed by atoms with E-state index in [2.05, 4.69) is 48.5 Å². The van der Waals surface area contributed by atoms with E-state index in [0.29, 0.717) is 13.2 Å². The van der Waals surface area contributed by atoms with Crippen LogP contribution in [0.5, 0.6) is 0 Å². The van der Waals surface area contributed by atoms with E-state index in [0.717, 1.165) is 22.3 Å². The van der Waals surface area contributed by atoms with Crippen LogP contribution < -0.4 is 0 Å². The van der Waals surface area contributed by atoms with Crippen LogP contribution in [0.2, 0.25) is 0 Å². The summed E-state index contributed by atoms with van der Waals surface area (Å²) in [5, 5.41) is 0. The topological polar surface area (TPSA) is 36.9 Å². The molecule has 1 aliphatic heterocycles. The van der Waals surface area contributed by atoms with Gasteiger partial charge >= 0.3 is 5.97 Å². The van der Waals surface area contributed by atoms with Crippen molar-refractivity contribution in [3.05, 3.63) is 144 Å². The summed E-state index contributed by atoms with van der Waals surface area (Å²) in [5.41, 5.74) is 1.59. The van der Waals surface area contributed by atoms with Gasteiger partial charge in [-0.3, -0.25) is 0 Å². The standard InChI is InChI=1S/C32H32O4/c1-3-33-32(34-4-2)31(28-21-13-7-14-22-28,29-23-15-8-16-24-29)36-30(25-35-32,26-17-9-5-10-18-26)27-19-11-6-12-20-27/h5-24H,3-4,25H2,1-2H3. The van der Waals surface area contributed by atoms with Crippen molar-refractivity contribution in [2.75, 3.05) is 19.8 Å². The van der Waals surface area contributed by atoms with Crippen molar-refractivity contribution in [2.24, 2.45) is 0 Å². The second-order valence-corrected chi connectivity index (χ2v) is 8.79. The van der Waals surface area contributed by atoms with Gasteiger partial charge in [0.15, 0.2) is 0 Å². The molecule has 0 amide bonds. The number of rotatable bonds is 8. The van der Waals surface area contributed by atoms with Gasteiger partial charge in [-0.25, -0.2) is 0 Å². The van der Waals surface area contributed by atoms with Crippen LogP contribution in [0, 0.1) is 0 Å². The summed E-state index contributed by atoms with van der Waals surface area (Å²) in [6.45, 7) is 4.87. The molecular formula is C32H32O4. The highest BCUT2D eigenvalue weighted by molar-refractivity contribution is 5.44. The van der Waals surface area contributed by atoms with E-state index in [-0.39, 0.29) is 6.61 Å².